The summed E-state index contributed by atoms with van der Waals surface area (Å²) in [7, 11) is 0. The monoisotopic (exact) mass is 357 g/mol. The van der Waals surface area contributed by atoms with Crippen LogP contribution >= 0.6 is 27.5 Å². The van der Waals surface area contributed by atoms with E-state index in [1.54, 1.807) is 6.26 Å². The Morgan fingerprint density at radius 3 is 2.90 bits per heavy atom. The number of rotatable bonds is 6. The van der Waals surface area contributed by atoms with Gasteiger partial charge in [0, 0.05) is 11.0 Å². The van der Waals surface area contributed by atoms with E-state index in [0.717, 1.165) is 21.5 Å². The lowest BCUT2D eigenvalue weighted by atomic mass is 10.2. The third kappa shape index (κ3) is 4.01. The molecule has 1 aromatic heterocycles. The Bertz CT molecular complexity index is 534. The molecule has 3 nitrogen and oxygen atoms in total. The van der Waals surface area contributed by atoms with Crippen LogP contribution in [0.2, 0.25) is 5.02 Å². The van der Waals surface area contributed by atoms with Crippen molar-refractivity contribution in [1.29, 1.82) is 0 Å². The van der Waals surface area contributed by atoms with Crippen LogP contribution in [0.5, 0.6) is 5.75 Å². The first-order chi connectivity index (χ1) is 9.58. The van der Waals surface area contributed by atoms with E-state index in [1.165, 1.54) is 0 Å². The number of nitrogens with one attached hydrogen (secondary N) is 1. The number of hydrogen-bond acceptors (Lipinski definition) is 3. The van der Waals surface area contributed by atoms with E-state index in [1.807, 2.05) is 31.2 Å². The Labute approximate surface area is 132 Å². The molecule has 0 fully saturated rings. The summed E-state index contributed by atoms with van der Waals surface area (Å²) in [4.78, 5) is 0. The SMILES string of the molecule is Cc1cc(Br)cc(Cl)c1OCCNC(C)c1ccco1. The van der Waals surface area contributed by atoms with Gasteiger partial charge in [0.1, 0.15) is 18.1 Å². The zero-order valence-electron chi connectivity index (χ0n) is 11.5. The number of halogens is 2. The maximum atomic E-state index is 6.17. The van der Waals surface area contributed by atoms with Crippen LogP contribution in [0.3, 0.4) is 0 Å². The highest BCUT2D eigenvalue weighted by Gasteiger charge is 2.09. The smallest absolute Gasteiger partial charge is 0.140 e. The van der Waals surface area contributed by atoms with E-state index >= 15 is 0 Å². The molecule has 1 N–H and O–H groups in total. The molecule has 0 radical (unpaired) electrons. The summed E-state index contributed by atoms with van der Waals surface area (Å²) in [5, 5.41) is 3.96. The highest BCUT2D eigenvalue weighted by atomic mass is 79.9. The number of furan rings is 1. The molecule has 0 aliphatic carbocycles. The summed E-state index contributed by atoms with van der Waals surface area (Å²) in [5.74, 6) is 1.66. The predicted octanol–water partition coefficient (Wildman–Crippen LogP) is 4.73. The molecule has 0 amide bonds. The zero-order chi connectivity index (χ0) is 14.5. The quantitative estimate of drug-likeness (QED) is 0.758. The molecule has 1 aromatic carbocycles. The molecule has 0 bridgehead atoms. The minimum atomic E-state index is 0.162. The van der Waals surface area contributed by atoms with Crippen LogP contribution in [0.15, 0.2) is 39.4 Å². The number of hydrogen-bond donors (Lipinski definition) is 1. The lowest BCUT2D eigenvalue weighted by molar-refractivity contribution is 0.300. The van der Waals surface area contributed by atoms with Gasteiger partial charge in [-0.3, -0.25) is 0 Å². The fourth-order valence-electron chi connectivity index (χ4n) is 1.94. The van der Waals surface area contributed by atoms with Crippen molar-refractivity contribution in [3.05, 3.63) is 51.3 Å². The van der Waals surface area contributed by atoms with E-state index in [9.17, 15) is 0 Å². The van der Waals surface area contributed by atoms with Gasteiger partial charge in [-0.15, -0.1) is 0 Å². The summed E-state index contributed by atoms with van der Waals surface area (Å²) >= 11 is 9.57. The summed E-state index contributed by atoms with van der Waals surface area (Å²) in [6.45, 7) is 5.29. The number of aryl methyl sites for hydroxylation is 1. The van der Waals surface area contributed by atoms with Gasteiger partial charge in [-0.1, -0.05) is 27.5 Å². The lowest BCUT2D eigenvalue weighted by Gasteiger charge is -2.14. The standard InChI is InChI=1S/C15H17BrClNO2/c1-10-8-12(16)9-13(17)15(10)20-7-5-18-11(2)14-4-3-6-19-14/h3-4,6,8-9,11,18H,5,7H2,1-2H3. The average Bonchev–Trinajstić information content (AvgIpc) is 2.90. The van der Waals surface area contributed by atoms with Crippen molar-refractivity contribution < 1.29 is 9.15 Å². The molecule has 0 spiro atoms. The molecule has 0 saturated carbocycles. The van der Waals surface area contributed by atoms with Gasteiger partial charge in [0.25, 0.3) is 0 Å². The van der Waals surface area contributed by atoms with Gasteiger partial charge in [0.2, 0.25) is 0 Å². The predicted molar refractivity (Wildman–Crippen MR) is 84.5 cm³/mol. The maximum Gasteiger partial charge on any atom is 0.140 e. The number of benzene rings is 1. The van der Waals surface area contributed by atoms with Crippen molar-refractivity contribution in [2.45, 2.75) is 19.9 Å². The average molecular weight is 359 g/mol. The molecule has 0 saturated heterocycles. The minimum Gasteiger partial charge on any atom is -0.490 e. The van der Waals surface area contributed by atoms with Crippen molar-refractivity contribution in [1.82, 2.24) is 5.32 Å². The topological polar surface area (TPSA) is 34.4 Å². The van der Waals surface area contributed by atoms with E-state index < -0.39 is 0 Å². The maximum absolute atomic E-state index is 6.17. The third-order valence-electron chi connectivity index (χ3n) is 2.96. The van der Waals surface area contributed by atoms with E-state index in [2.05, 4.69) is 28.2 Å². The molecule has 1 heterocycles. The molecular weight excluding hydrogens is 342 g/mol. The molecular formula is C15H17BrClNO2. The summed E-state index contributed by atoms with van der Waals surface area (Å²) < 4.78 is 12.0. The van der Waals surface area contributed by atoms with Gasteiger partial charge in [-0.2, -0.15) is 0 Å². The molecule has 2 aromatic rings. The van der Waals surface area contributed by atoms with Crippen LogP contribution in [-0.2, 0) is 0 Å². The van der Waals surface area contributed by atoms with Crippen LogP contribution in [0.4, 0.5) is 0 Å². The Balaban J connectivity index is 1.82. The Hall–Kier alpha value is -0.970. The van der Waals surface area contributed by atoms with E-state index in [0.29, 0.717) is 18.2 Å². The Morgan fingerprint density at radius 1 is 1.45 bits per heavy atom. The molecule has 108 valence electrons. The van der Waals surface area contributed by atoms with Crippen LogP contribution in [-0.4, -0.2) is 13.2 Å². The molecule has 5 heteroatoms. The second-order valence-corrected chi connectivity index (χ2v) is 5.90. The summed E-state index contributed by atoms with van der Waals surface area (Å²) in [6, 6.07) is 7.82. The first kappa shape index (κ1) is 15.4. The normalized spacial score (nSPS) is 12.4. The molecule has 0 aliphatic heterocycles. The van der Waals surface area contributed by atoms with Gasteiger partial charge >= 0.3 is 0 Å². The van der Waals surface area contributed by atoms with Crippen LogP contribution in [0.25, 0.3) is 0 Å². The van der Waals surface area contributed by atoms with Crippen molar-refractivity contribution in [3.63, 3.8) is 0 Å². The van der Waals surface area contributed by atoms with E-state index in [4.69, 9.17) is 20.8 Å². The first-order valence-electron chi connectivity index (χ1n) is 6.43. The molecule has 2 rings (SSSR count). The van der Waals surface area contributed by atoms with Crippen LogP contribution in [0.1, 0.15) is 24.3 Å². The van der Waals surface area contributed by atoms with Gasteiger partial charge in [-0.05, 0) is 43.7 Å². The van der Waals surface area contributed by atoms with Gasteiger partial charge < -0.3 is 14.5 Å². The summed E-state index contributed by atoms with van der Waals surface area (Å²) in [5.41, 5.74) is 1.02. The van der Waals surface area contributed by atoms with E-state index in [-0.39, 0.29) is 6.04 Å². The first-order valence-corrected chi connectivity index (χ1v) is 7.60. The molecule has 0 aliphatic rings. The highest BCUT2D eigenvalue weighted by Crippen LogP contribution is 2.31. The minimum absolute atomic E-state index is 0.162. The van der Waals surface area contributed by atoms with Crippen molar-refractivity contribution in [2.24, 2.45) is 0 Å². The molecule has 1 unspecified atom stereocenters. The van der Waals surface area contributed by atoms with Crippen molar-refractivity contribution in [3.8, 4) is 5.75 Å². The second-order valence-electron chi connectivity index (χ2n) is 4.57. The van der Waals surface area contributed by atoms with Gasteiger partial charge in [0.05, 0.1) is 17.3 Å². The third-order valence-corrected chi connectivity index (χ3v) is 3.70. The molecule has 20 heavy (non-hydrogen) atoms. The largest absolute Gasteiger partial charge is 0.490 e. The lowest BCUT2D eigenvalue weighted by Crippen LogP contribution is -2.24. The Kier molecular flexibility index (Phi) is 5.52. The molecule has 1 atom stereocenters. The fourth-order valence-corrected chi connectivity index (χ4v) is 2.96. The summed E-state index contributed by atoms with van der Waals surface area (Å²) in [6.07, 6.45) is 1.68. The van der Waals surface area contributed by atoms with Crippen LogP contribution in [0, 0.1) is 6.92 Å². The number of ether oxygens (including phenoxy) is 1. The highest BCUT2D eigenvalue weighted by molar-refractivity contribution is 9.10. The van der Waals surface area contributed by atoms with Gasteiger partial charge in [0.15, 0.2) is 0 Å². The van der Waals surface area contributed by atoms with Crippen molar-refractivity contribution in [2.75, 3.05) is 13.2 Å². The zero-order valence-corrected chi connectivity index (χ0v) is 13.8. The second kappa shape index (κ2) is 7.16. The van der Waals surface area contributed by atoms with Crippen molar-refractivity contribution >= 4 is 27.5 Å². The van der Waals surface area contributed by atoms with Gasteiger partial charge in [-0.25, -0.2) is 0 Å². The van der Waals surface area contributed by atoms with Crippen LogP contribution < -0.4 is 10.1 Å². The Morgan fingerprint density at radius 2 is 2.25 bits per heavy atom. The fraction of sp³-hybridized carbons (Fsp3) is 0.333.